The first-order valence-electron chi connectivity index (χ1n) is 7.65. The minimum atomic E-state index is -0.0812. The molecule has 2 N–H and O–H groups in total. The zero-order chi connectivity index (χ0) is 13.8. The molecule has 0 spiro atoms. The van der Waals surface area contributed by atoms with Crippen molar-refractivity contribution in [3.63, 3.8) is 0 Å². The van der Waals surface area contributed by atoms with E-state index < -0.39 is 0 Å². The molecule has 1 fully saturated rings. The van der Waals surface area contributed by atoms with Crippen molar-refractivity contribution in [3.05, 3.63) is 54.1 Å². The Morgan fingerprint density at radius 1 is 1.20 bits per heavy atom. The van der Waals surface area contributed by atoms with Crippen LogP contribution in [-0.4, -0.2) is 9.55 Å². The fourth-order valence-electron chi connectivity index (χ4n) is 3.23. The van der Waals surface area contributed by atoms with Crippen molar-refractivity contribution < 1.29 is 0 Å². The number of imidazole rings is 1. The lowest BCUT2D eigenvalue weighted by molar-refractivity contribution is 0.450. The van der Waals surface area contributed by atoms with E-state index in [-0.39, 0.29) is 6.04 Å². The SMILES string of the molecule is NC(c1ccccc1)c1cncn1CCC1CCCC1. The second-order valence-electron chi connectivity index (χ2n) is 5.84. The topological polar surface area (TPSA) is 43.8 Å². The molecule has 2 aromatic rings. The summed E-state index contributed by atoms with van der Waals surface area (Å²) in [5.74, 6) is 0.901. The lowest BCUT2D eigenvalue weighted by Crippen LogP contribution is -2.17. The van der Waals surface area contributed by atoms with Gasteiger partial charge in [-0.1, -0.05) is 56.0 Å². The molecule has 0 saturated heterocycles. The lowest BCUT2D eigenvalue weighted by Gasteiger charge is -2.16. The fourth-order valence-corrected chi connectivity index (χ4v) is 3.23. The standard InChI is InChI=1S/C17H23N3/c18-17(15-8-2-1-3-9-15)16-12-19-13-20(16)11-10-14-6-4-5-7-14/h1-3,8-9,12-14,17H,4-7,10-11,18H2. The molecule has 1 aliphatic carbocycles. The Kier molecular flexibility index (Phi) is 4.16. The van der Waals surface area contributed by atoms with Gasteiger partial charge in [0, 0.05) is 6.54 Å². The van der Waals surface area contributed by atoms with Gasteiger partial charge in [-0.25, -0.2) is 4.98 Å². The summed E-state index contributed by atoms with van der Waals surface area (Å²) in [5, 5.41) is 0. The van der Waals surface area contributed by atoms with Crippen LogP contribution in [0.3, 0.4) is 0 Å². The average molecular weight is 269 g/mol. The van der Waals surface area contributed by atoms with Crippen LogP contribution in [0.1, 0.15) is 49.4 Å². The van der Waals surface area contributed by atoms with Gasteiger partial charge in [-0.05, 0) is 17.9 Å². The molecule has 0 aliphatic heterocycles. The number of nitrogens with two attached hydrogens (primary N) is 1. The predicted octanol–water partition coefficient (Wildman–Crippen LogP) is 3.51. The van der Waals surface area contributed by atoms with Gasteiger partial charge in [0.2, 0.25) is 0 Å². The molecule has 1 atom stereocenters. The molecule has 0 radical (unpaired) electrons. The van der Waals surface area contributed by atoms with Crippen molar-refractivity contribution >= 4 is 0 Å². The van der Waals surface area contributed by atoms with Gasteiger partial charge >= 0.3 is 0 Å². The lowest BCUT2D eigenvalue weighted by atomic mass is 10.0. The summed E-state index contributed by atoms with van der Waals surface area (Å²) in [6, 6.07) is 10.2. The van der Waals surface area contributed by atoms with Crippen LogP contribution in [0.2, 0.25) is 0 Å². The molecule has 0 bridgehead atoms. The van der Waals surface area contributed by atoms with Crippen molar-refractivity contribution in [2.75, 3.05) is 0 Å². The Balaban J connectivity index is 1.69. The van der Waals surface area contributed by atoms with Crippen LogP contribution in [0.5, 0.6) is 0 Å². The van der Waals surface area contributed by atoms with Crippen LogP contribution in [0.4, 0.5) is 0 Å². The Labute approximate surface area is 120 Å². The Morgan fingerprint density at radius 2 is 1.95 bits per heavy atom. The van der Waals surface area contributed by atoms with Crippen LogP contribution in [0, 0.1) is 5.92 Å². The first-order chi connectivity index (χ1) is 9.84. The number of hydrogen-bond acceptors (Lipinski definition) is 2. The van der Waals surface area contributed by atoms with Crippen LogP contribution >= 0.6 is 0 Å². The highest BCUT2D eigenvalue weighted by Crippen LogP contribution is 2.28. The minimum Gasteiger partial charge on any atom is -0.333 e. The monoisotopic (exact) mass is 269 g/mol. The third-order valence-electron chi connectivity index (χ3n) is 4.47. The molecule has 1 aromatic carbocycles. The number of hydrogen-bond donors (Lipinski definition) is 1. The highest BCUT2D eigenvalue weighted by molar-refractivity contribution is 5.26. The fraction of sp³-hybridized carbons (Fsp3) is 0.471. The van der Waals surface area contributed by atoms with Crippen molar-refractivity contribution in [1.82, 2.24) is 9.55 Å². The van der Waals surface area contributed by atoms with Crippen LogP contribution in [-0.2, 0) is 6.54 Å². The number of aryl methyl sites for hydroxylation is 1. The van der Waals surface area contributed by atoms with E-state index in [0.29, 0.717) is 0 Å². The molecule has 3 heteroatoms. The molecule has 1 aromatic heterocycles. The van der Waals surface area contributed by atoms with Gasteiger partial charge in [-0.15, -0.1) is 0 Å². The highest BCUT2D eigenvalue weighted by atomic mass is 15.1. The van der Waals surface area contributed by atoms with E-state index in [1.807, 2.05) is 30.7 Å². The van der Waals surface area contributed by atoms with Gasteiger partial charge in [0.15, 0.2) is 0 Å². The van der Waals surface area contributed by atoms with E-state index in [0.717, 1.165) is 23.7 Å². The molecule has 106 valence electrons. The smallest absolute Gasteiger partial charge is 0.0948 e. The Bertz CT molecular complexity index is 526. The number of rotatable bonds is 5. The number of benzene rings is 1. The maximum Gasteiger partial charge on any atom is 0.0948 e. The van der Waals surface area contributed by atoms with Gasteiger partial charge in [0.25, 0.3) is 0 Å². The predicted molar refractivity (Wildman–Crippen MR) is 81.3 cm³/mol. The van der Waals surface area contributed by atoms with E-state index in [4.69, 9.17) is 5.73 Å². The largest absolute Gasteiger partial charge is 0.333 e. The second-order valence-corrected chi connectivity index (χ2v) is 5.84. The molecule has 1 saturated carbocycles. The third kappa shape index (κ3) is 2.93. The molecular formula is C17H23N3. The summed E-state index contributed by atoms with van der Waals surface area (Å²) in [4.78, 5) is 4.30. The molecular weight excluding hydrogens is 246 g/mol. The average Bonchev–Trinajstić information content (AvgIpc) is 3.16. The summed E-state index contributed by atoms with van der Waals surface area (Å²) >= 11 is 0. The molecule has 0 amide bonds. The number of nitrogens with zero attached hydrogens (tertiary/aromatic N) is 2. The van der Waals surface area contributed by atoms with E-state index in [9.17, 15) is 0 Å². The van der Waals surface area contributed by atoms with Gasteiger partial charge in [-0.2, -0.15) is 0 Å². The molecule has 3 nitrogen and oxygen atoms in total. The van der Waals surface area contributed by atoms with Gasteiger partial charge in [-0.3, -0.25) is 0 Å². The quantitative estimate of drug-likeness (QED) is 0.902. The van der Waals surface area contributed by atoms with E-state index in [2.05, 4.69) is 21.7 Å². The Hall–Kier alpha value is -1.61. The zero-order valence-electron chi connectivity index (χ0n) is 11.9. The molecule has 3 rings (SSSR count). The first kappa shape index (κ1) is 13.4. The number of aromatic nitrogens is 2. The molecule has 1 aliphatic rings. The molecule has 1 heterocycles. The first-order valence-corrected chi connectivity index (χ1v) is 7.65. The maximum atomic E-state index is 6.38. The summed E-state index contributed by atoms with van der Waals surface area (Å²) in [6.45, 7) is 1.04. The summed E-state index contributed by atoms with van der Waals surface area (Å²) in [6.07, 6.45) is 10.7. The summed E-state index contributed by atoms with van der Waals surface area (Å²) in [7, 11) is 0. The molecule has 1 unspecified atom stereocenters. The van der Waals surface area contributed by atoms with E-state index in [1.165, 1.54) is 32.1 Å². The van der Waals surface area contributed by atoms with E-state index in [1.54, 1.807) is 0 Å². The van der Waals surface area contributed by atoms with Crippen molar-refractivity contribution in [2.24, 2.45) is 11.7 Å². The van der Waals surface area contributed by atoms with Crippen LogP contribution in [0.15, 0.2) is 42.9 Å². The van der Waals surface area contributed by atoms with Crippen molar-refractivity contribution in [2.45, 2.75) is 44.7 Å². The highest BCUT2D eigenvalue weighted by Gasteiger charge is 2.17. The van der Waals surface area contributed by atoms with Gasteiger partial charge in [0.1, 0.15) is 0 Å². The zero-order valence-corrected chi connectivity index (χ0v) is 11.9. The van der Waals surface area contributed by atoms with Gasteiger partial charge in [0.05, 0.1) is 24.3 Å². The summed E-state index contributed by atoms with van der Waals surface area (Å²) < 4.78 is 2.23. The van der Waals surface area contributed by atoms with Crippen molar-refractivity contribution in [3.8, 4) is 0 Å². The third-order valence-corrected chi connectivity index (χ3v) is 4.47. The van der Waals surface area contributed by atoms with Crippen LogP contribution in [0.25, 0.3) is 0 Å². The minimum absolute atomic E-state index is 0.0812. The normalized spacial score (nSPS) is 17.4. The van der Waals surface area contributed by atoms with Crippen molar-refractivity contribution in [1.29, 1.82) is 0 Å². The van der Waals surface area contributed by atoms with Gasteiger partial charge < -0.3 is 10.3 Å². The van der Waals surface area contributed by atoms with E-state index >= 15 is 0 Å². The summed E-state index contributed by atoms with van der Waals surface area (Å²) in [5.41, 5.74) is 8.65. The molecule has 20 heavy (non-hydrogen) atoms. The second kappa shape index (κ2) is 6.23. The Morgan fingerprint density at radius 3 is 2.70 bits per heavy atom. The van der Waals surface area contributed by atoms with Crippen LogP contribution < -0.4 is 5.73 Å². The maximum absolute atomic E-state index is 6.38.